The monoisotopic (exact) mass is 593 g/mol. The molecular weight excluding hydrogens is 555 g/mol. The molecule has 10 heteroatoms. The minimum Gasteiger partial charge on any atom is -0.406 e. The Balaban J connectivity index is 1.26. The summed E-state index contributed by atoms with van der Waals surface area (Å²) in [5, 5.41) is 3.35. The van der Waals surface area contributed by atoms with Crippen LogP contribution in [0.1, 0.15) is 36.8 Å². The van der Waals surface area contributed by atoms with Crippen molar-refractivity contribution in [2.24, 2.45) is 0 Å². The van der Waals surface area contributed by atoms with Crippen LogP contribution >= 0.6 is 0 Å². The van der Waals surface area contributed by atoms with Gasteiger partial charge in [-0.2, -0.15) is 0 Å². The number of rotatable bonds is 9. The summed E-state index contributed by atoms with van der Waals surface area (Å²) >= 11 is 0. The topological polar surface area (TPSA) is 60.9 Å². The molecule has 3 aromatic rings. The van der Waals surface area contributed by atoms with E-state index in [1.165, 1.54) is 43.2 Å². The normalized spacial score (nSPS) is 17.7. The van der Waals surface area contributed by atoms with E-state index in [0.29, 0.717) is 18.2 Å². The minimum absolute atomic E-state index is 0.0943. The van der Waals surface area contributed by atoms with Crippen LogP contribution in [0.4, 0.5) is 24.5 Å². The van der Waals surface area contributed by atoms with E-state index in [-0.39, 0.29) is 17.7 Å². The standard InChI is InChI=1S/C33H38F3N5O2/c1-39-20-14-29(15-21-39)40-22-16-30(17-23-40)41(24-26-2-7-27(8-3-26)38-28-12-18-37-19-13-28)32(42)11-6-25-4-9-31(10-5-25)43-33(34,35)36/h2-13,18-19,29-30H,14-17,20-24H2,1H3,(H,37,38)/b11-6+. The highest BCUT2D eigenvalue weighted by Crippen LogP contribution is 2.26. The first kappa shape index (κ1) is 30.6. The maximum atomic E-state index is 13.6. The molecule has 2 aliphatic rings. The number of nitrogens with zero attached hydrogens (tertiary/aromatic N) is 4. The lowest BCUT2D eigenvalue weighted by Crippen LogP contribution is -2.51. The third kappa shape index (κ3) is 9.05. The number of amides is 1. The number of hydrogen-bond donors (Lipinski definition) is 1. The zero-order valence-electron chi connectivity index (χ0n) is 24.3. The Labute approximate surface area is 251 Å². The summed E-state index contributed by atoms with van der Waals surface area (Å²) in [4.78, 5) is 24.6. The van der Waals surface area contributed by atoms with Crippen LogP contribution in [0.5, 0.6) is 5.75 Å². The Hall–Kier alpha value is -3.89. The van der Waals surface area contributed by atoms with Gasteiger partial charge in [0.2, 0.25) is 5.91 Å². The summed E-state index contributed by atoms with van der Waals surface area (Å²) in [6, 6.07) is 18.1. The first-order valence-electron chi connectivity index (χ1n) is 14.7. The van der Waals surface area contributed by atoms with E-state index in [1.807, 2.05) is 41.3 Å². The van der Waals surface area contributed by atoms with E-state index in [1.54, 1.807) is 18.5 Å². The third-order valence-corrected chi connectivity index (χ3v) is 8.24. The molecule has 5 rings (SSSR count). The lowest BCUT2D eigenvalue weighted by molar-refractivity contribution is -0.274. The largest absolute Gasteiger partial charge is 0.573 e. The maximum Gasteiger partial charge on any atom is 0.573 e. The number of nitrogens with one attached hydrogen (secondary N) is 1. The van der Waals surface area contributed by atoms with Crippen molar-refractivity contribution < 1.29 is 22.7 Å². The van der Waals surface area contributed by atoms with E-state index in [2.05, 4.69) is 31.9 Å². The molecule has 228 valence electrons. The first-order chi connectivity index (χ1) is 20.7. The van der Waals surface area contributed by atoms with Crippen LogP contribution in [0.25, 0.3) is 6.08 Å². The van der Waals surface area contributed by atoms with Crippen LogP contribution < -0.4 is 10.1 Å². The number of likely N-dealkylation sites (tertiary alicyclic amines) is 2. The van der Waals surface area contributed by atoms with E-state index in [0.717, 1.165) is 56.0 Å². The number of halogens is 3. The Morgan fingerprint density at radius 1 is 0.930 bits per heavy atom. The average molecular weight is 594 g/mol. The molecule has 0 saturated carbocycles. The number of alkyl halides is 3. The van der Waals surface area contributed by atoms with Gasteiger partial charge in [0.25, 0.3) is 0 Å². The Morgan fingerprint density at radius 3 is 2.19 bits per heavy atom. The second-order valence-electron chi connectivity index (χ2n) is 11.3. The fraction of sp³-hybridized carbons (Fsp3) is 0.394. The third-order valence-electron chi connectivity index (χ3n) is 8.24. The lowest BCUT2D eigenvalue weighted by Gasteiger charge is -2.43. The molecule has 0 atom stereocenters. The number of hydrogen-bond acceptors (Lipinski definition) is 6. The molecule has 1 N–H and O–H groups in total. The van der Waals surface area contributed by atoms with Crippen molar-refractivity contribution in [3.63, 3.8) is 0 Å². The number of ether oxygens (including phenoxy) is 1. The average Bonchev–Trinajstić information content (AvgIpc) is 3.00. The van der Waals surface area contributed by atoms with E-state index in [9.17, 15) is 18.0 Å². The molecule has 0 unspecified atom stereocenters. The van der Waals surface area contributed by atoms with Crippen molar-refractivity contribution in [1.82, 2.24) is 19.7 Å². The molecule has 0 spiro atoms. The highest BCUT2D eigenvalue weighted by atomic mass is 19.4. The van der Waals surface area contributed by atoms with Crippen LogP contribution in [0.3, 0.4) is 0 Å². The fourth-order valence-electron chi connectivity index (χ4n) is 5.85. The highest BCUT2D eigenvalue weighted by molar-refractivity contribution is 5.92. The number of anilines is 2. The number of benzene rings is 2. The molecule has 2 aromatic carbocycles. The number of pyridine rings is 1. The Kier molecular flexibility index (Phi) is 9.99. The van der Waals surface area contributed by atoms with Crippen molar-refractivity contribution in [2.45, 2.75) is 50.7 Å². The minimum atomic E-state index is -4.75. The lowest BCUT2D eigenvalue weighted by atomic mass is 9.96. The van der Waals surface area contributed by atoms with Crippen LogP contribution in [0, 0.1) is 0 Å². The number of carbonyl (C=O) groups excluding carboxylic acids is 1. The molecule has 2 fully saturated rings. The van der Waals surface area contributed by atoms with Crippen LogP contribution in [-0.2, 0) is 11.3 Å². The van der Waals surface area contributed by atoms with Gasteiger partial charge in [0.1, 0.15) is 5.75 Å². The molecule has 3 heterocycles. The summed E-state index contributed by atoms with van der Waals surface area (Å²) in [6.07, 6.45) is 6.04. The van der Waals surface area contributed by atoms with Gasteiger partial charge in [-0.3, -0.25) is 9.78 Å². The maximum absolute atomic E-state index is 13.6. The quantitative estimate of drug-likeness (QED) is 0.293. The van der Waals surface area contributed by atoms with Gasteiger partial charge in [0, 0.05) is 61.6 Å². The zero-order valence-corrected chi connectivity index (χ0v) is 24.3. The predicted molar refractivity (Wildman–Crippen MR) is 162 cm³/mol. The van der Waals surface area contributed by atoms with Crippen molar-refractivity contribution in [3.8, 4) is 5.75 Å². The van der Waals surface area contributed by atoms with E-state index < -0.39 is 6.36 Å². The Morgan fingerprint density at radius 2 is 1.56 bits per heavy atom. The van der Waals surface area contributed by atoms with Crippen molar-refractivity contribution >= 4 is 23.4 Å². The van der Waals surface area contributed by atoms with E-state index >= 15 is 0 Å². The molecule has 1 amide bonds. The van der Waals surface area contributed by atoms with Gasteiger partial charge < -0.3 is 24.8 Å². The smallest absolute Gasteiger partial charge is 0.406 e. The van der Waals surface area contributed by atoms with Gasteiger partial charge in [0.15, 0.2) is 0 Å². The SMILES string of the molecule is CN1CCC(N2CCC(N(Cc3ccc(Nc4ccncc4)cc3)C(=O)/C=C/c3ccc(OC(F)(F)F)cc3)CC2)CC1. The molecule has 1 aromatic heterocycles. The highest BCUT2D eigenvalue weighted by Gasteiger charge is 2.32. The molecule has 43 heavy (non-hydrogen) atoms. The molecule has 0 aliphatic carbocycles. The molecule has 0 bridgehead atoms. The van der Waals surface area contributed by atoms with Gasteiger partial charge in [-0.15, -0.1) is 13.2 Å². The second kappa shape index (κ2) is 14.1. The fourth-order valence-corrected chi connectivity index (χ4v) is 5.85. The summed E-state index contributed by atoms with van der Waals surface area (Å²) in [5.74, 6) is -0.414. The van der Waals surface area contributed by atoms with Gasteiger partial charge in [0.05, 0.1) is 0 Å². The summed E-state index contributed by atoms with van der Waals surface area (Å²) < 4.78 is 41.5. The van der Waals surface area contributed by atoms with Gasteiger partial charge in [-0.25, -0.2) is 0 Å². The molecule has 7 nitrogen and oxygen atoms in total. The molecule has 2 aliphatic heterocycles. The summed E-state index contributed by atoms with van der Waals surface area (Å²) in [5.41, 5.74) is 3.52. The molecule has 2 saturated heterocycles. The summed E-state index contributed by atoms with van der Waals surface area (Å²) in [6.45, 7) is 4.63. The predicted octanol–water partition coefficient (Wildman–Crippen LogP) is 6.32. The number of aromatic nitrogens is 1. The van der Waals surface area contributed by atoms with E-state index in [4.69, 9.17) is 0 Å². The first-order valence-corrected chi connectivity index (χ1v) is 14.7. The zero-order chi connectivity index (χ0) is 30.2. The molecular formula is C33H38F3N5O2. The van der Waals surface area contributed by atoms with Crippen molar-refractivity contribution in [2.75, 3.05) is 38.5 Å². The van der Waals surface area contributed by atoms with Crippen molar-refractivity contribution in [1.29, 1.82) is 0 Å². The number of carbonyl (C=O) groups is 1. The molecule has 0 radical (unpaired) electrons. The Bertz CT molecular complexity index is 1330. The summed E-state index contributed by atoms with van der Waals surface area (Å²) in [7, 11) is 2.17. The number of piperidine rings is 2. The van der Waals surface area contributed by atoms with Gasteiger partial charge >= 0.3 is 6.36 Å². The van der Waals surface area contributed by atoms with Crippen molar-refractivity contribution in [3.05, 3.63) is 90.3 Å². The van der Waals surface area contributed by atoms with Crippen LogP contribution in [-0.4, -0.2) is 77.3 Å². The van der Waals surface area contributed by atoms with Gasteiger partial charge in [-0.05, 0) is 99.4 Å². The van der Waals surface area contributed by atoms with Crippen LogP contribution in [0.2, 0.25) is 0 Å². The second-order valence-corrected chi connectivity index (χ2v) is 11.3. The van der Waals surface area contributed by atoms with Crippen LogP contribution in [0.15, 0.2) is 79.1 Å². The van der Waals surface area contributed by atoms with Gasteiger partial charge in [-0.1, -0.05) is 24.3 Å².